The van der Waals surface area contributed by atoms with Crippen molar-refractivity contribution in [2.24, 2.45) is 5.16 Å². The van der Waals surface area contributed by atoms with Gasteiger partial charge in [-0.15, -0.1) is 6.58 Å². The Kier molecular flexibility index (Phi) is 8.58. The van der Waals surface area contributed by atoms with Gasteiger partial charge in [-0.05, 0) is 35.4 Å². The van der Waals surface area contributed by atoms with E-state index in [0.717, 1.165) is 22.6 Å². The summed E-state index contributed by atoms with van der Waals surface area (Å²) in [6.07, 6.45) is 1.46. The summed E-state index contributed by atoms with van der Waals surface area (Å²) in [5.41, 5.74) is 2.71. The van der Waals surface area contributed by atoms with E-state index in [0.29, 0.717) is 32.7 Å². The molecule has 0 saturated heterocycles. The lowest BCUT2D eigenvalue weighted by Gasteiger charge is -2.27. The lowest BCUT2D eigenvalue weighted by atomic mass is 10.0. The smallest absolute Gasteiger partial charge is 0.145 e. The molecule has 0 fully saturated rings. The van der Waals surface area contributed by atoms with Crippen LogP contribution in [0.3, 0.4) is 0 Å². The summed E-state index contributed by atoms with van der Waals surface area (Å²) in [5, 5.41) is 14.6. The number of nitrogens with zero attached hydrogens (tertiary/aromatic N) is 2. The molecule has 0 bridgehead atoms. The van der Waals surface area contributed by atoms with Gasteiger partial charge in [0.25, 0.3) is 0 Å². The predicted octanol–water partition coefficient (Wildman–Crippen LogP) is 3.39. The fraction of sp³-hybridized carbons (Fsp3) is 0.375. The Labute approximate surface area is 182 Å². The van der Waals surface area contributed by atoms with Crippen LogP contribution in [0.25, 0.3) is 0 Å². The molecule has 0 aromatic heterocycles. The molecule has 0 aliphatic carbocycles. The first-order chi connectivity index (χ1) is 15.1. The Balaban J connectivity index is 1.63. The highest BCUT2D eigenvalue weighted by atomic mass is 19.1. The molecule has 1 aliphatic rings. The molecule has 0 saturated carbocycles. The number of hydrogen-bond donors (Lipinski definition) is 1. The Hall–Kier alpha value is -2.74. The molecule has 1 N–H and O–H groups in total. The minimum Gasteiger partial charge on any atom is -0.497 e. The number of oxime groups is 1. The summed E-state index contributed by atoms with van der Waals surface area (Å²) in [6, 6.07) is 14.1. The number of rotatable bonds is 12. The summed E-state index contributed by atoms with van der Waals surface area (Å²) in [5.74, 6) is 0.503. The van der Waals surface area contributed by atoms with Crippen molar-refractivity contribution in [2.75, 3.05) is 33.4 Å². The molecular weight excluding hydrogens is 399 g/mol. The van der Waals surface area contributed by atoms with Crippen molar-refractivity contribution in [1.82, 2.24) is 4.90 Å². The van der Waals surface area contributed by atoms with Crippen LogP contribution in [0.1, 0.15) is 17.5 Å². The van der Waals surface area contributed by atoms with Crippen LogP contribution in [-0.4, -0.2) is 61.3 Å². The SMILES string of the molecule is C=CCOC[C@H](O)CN(Cc1cccc(OC)c1)C[C@@H]1CC(c2ccc(F)cc2)=NO1. The molecule has 166 valence electrons. The molecule has 6 nitrogen and oxygen atoms in total. The number of benzene rings is 2. The maximum absolute atomic E-state index is 13.2. The molecule has 0 unspecified atom stereocenters. The van der Waals surface area contributed by atoms with Gasteiger partial charge in [-0.2, -0.15) is 0 Å². The van der Waals surface area contributed by atoms with Gasteiger partial charge in [0.15, 0.2) is 0 Å². The monoisotopic (exact) mass is 428 g/mol. The summed E-state index contributed by atoms with van der Waals surface area (Å²) < 4.78 is 23.9. The lowest BCUT2D eigenvalue weighted by molar-refractivity contribution is 0.00335. The molecule has 2 atom stereocenters. The standard InChI is InChI=1S/C24H29FN2O4/c1-3-11-30-17-21(28)15-27(14-18-5-4-6-22(12-18)29-2)16-23-13-24(26-31-23)19-7-9-20(25)10-8-19/h3-10,12,21,23,28H,1,11,13-17H2,2H3/t21-,23+/m1/s1. The fourth-order valence-electron chi connectivity index (χ4n) is 3.50. The Bertz CT molecular complexity index is 872. The Morgan fingerprint density at radius 1 is 1.32 bits per heavy atom. The van der Waals surface area contributed by atoms with Crippen LogP contribution in [0.5, 0.6) is 5.75 Å². The molecule has 0 spiro atoms. The predicted molar refractivity (Wildman–Crippen MR) is 118 cm³/mol. The van der Waals surface area contributed by atoms with Gasteiger partial charge in [-0.1, -0.05) is 35.5 Å². The maximum Gasteiger partial charge on any atom is 0.145 e. The number of ether oxygens (including phenoxy) is 2. The third kappa shape index (κ3) is 7.17. The van der Waals surface area contributed by atoms with E-state index in [2.05, 4.69) is 16.6 Å². The highest BCUT2D eigenvalue weighted by Gasteiger charge is 2.26. The zero-order valence-corrected chi connectivity index (χ0v) is 17.7. The quantitative estimate of drug-likeness (QED) is 0.415. The van der Waals surface area contributed by atoms with Crippen LogP contribution in [0, 0.1) is 5.82 Å². The zero-order chi connectivity index (χ0) is 22.1. The molecular formula is C24H29FN2O4. The summed E-state index contributed by atoms with van der Waals surface area (Å²) >= 11 is 0. The van der Waals surface area contributed by atoms with Crippen LogP contribution >= 0.6 is 0 Å². The second-order valence-corrected chi connectivity index (χ2v) is 7.50. The van der Waals surface area contributed by atoms with Crippen LogP contribution < -0.4 is 4.74 Å². The molecule has 2 aromatic rings. The molecule has 1 heterocycles. The second-order valence-electron chi connectivity index (χ2n) is 7.50. The average Bonchev–Trinajstić information content (AvgIpc) is 3.23. The zero-order valence-electron chi connectivity index (χ0n) is 17.7. The minimum atomic E-state index is -0.649. The third-order valence-corrected chi connectivity index (χ3v) is 4.93. The van der Waals surface area contributed by atoms with Crippen LogP contribution in [-0.2, 0) is 16.1 Å². The van der Waals surface area contributed by atoms with Crippen molar-refractivity contribution in [3.8, 4) is 5.75 Å². The van der Waals surface area contributed by atoms with E-state index in [9.17, 15) is 9.50 Å². The second kappa shape index (κ2) is 11.6. The van der Waals surface area contributed by atoms with E-state index in [1.54, 1.807) is 25.3 Å². The molecule has 0 radical (unpaired) electrons. The first-order valence-corrected chi connectivity index (χ1v) is 10.3. The number of aliphatic hydroxyl groups excluding tert-OH is 1. The first-order valence-electron chi connectivity index (χ1n) is 10.3. The van der Waals surface area contributed by atoms with Crippen LogP contribution in [0.4, 0.5) is 4.39 Å². The van der Waals surface area contributed by atoms with E-state index < -0.39 is 6.10 Å². The van der Waals surface area contributed by atoms with E-state index >= 15 is 0 Å². The van der Waals surface area contributed by atoms with Crippen molar-refractivity contribution >= 4 is 5.71 Å². The number of aliphatic hydroxyl groups is 1. The van der Waals surface area contributed by atoms with Gasteiger partial charge in [-0.25, -0.2) is 4.39 Å². The molecule has 31 heavy (non-hydrogen) atoms. The van der Waals surface area contributed by atoms with Crippen molar-refractivity contribution in [2.45, 2.75) is 25.2 Å². The highest BCUT2D eigenvalue weighted by Crippen LogP contribution is 2.20. The molecule has 2 aromatic carbocycles. The van der Waals surface area contributed by atoms with Gasteiger partial charge in [0, 0.05) is 26.1 Å². The normalized spacial score (nSPS) is 16.6. The summed E-state index contributed by atoms with van der Waals surface area (Å²) in [7, 11) is 1.64. The van der Waals surface area contributed by atoms with Gasteiger partial charge in [0.2, 0.25) is 0 Å². The summed E-state index contributed by atoms with van der Waals surface area (Å²) in [4.78, 5) is 7.76. The third-order valence-electron chi connectivity index (χ3n) is 4.93. The van der Waals surface area contributed by atoms with Crippen LogP contribution in [0.15, 0.2) is 66.3 Å². The highest BCUT2D eigenvalue weighted by molar-refractivity contribution is 6.01. The Morgan fingerprint density at radius 2 is 2.13 bits per heavy atom. The van der Waals surface area contributed by atoms with E-state index in [4.69, 9.17) is 14.3 Å². The summed E-state index contributed by atoms with van der Waals surface area (Å²) in [6.45, 7) is 5.84. The topological polar surface area (TPSA) is 63.5 Å². The molecule has 0 amide bonds. The van der Waals surface area contributed by atoms with E-state index in [1.807, 2.05) is 24.3 Å². The molecule has 1 aliphatic heterocycles. The van der Waals surface area contributed by atoms with Crippen molar-refractivity contribution in [1.29, 1.82) is 0 Å². The molecule has 7 heteroatoms. The Morgan fingerprint density at radius 3 is 2.87 bits per heavy atom. The van der Waals surface area contributed by atoms with Crippen LogP contribution in [0.2, 0.25) is 0 Å². The minimum absolute atomic E-state index is 0.160. The van der Waals surface area contributed by atoms with Crippen molar-refractivity contribution in [3.05, 3.63) is 78.1 Å². The van der Waals surface area contributed by atoms with Gasteiger partial charge >= 0.3 is 0 Å². The maximum atomic E-state index is 13.2. The van der Waals surface area contributed by atoms with Crippen molar-refractivity contribution < 1.29 is 23.8 Å². The average molecular weight is 429 g/mol. The van der Waals surface area contributed by atoms with Crippen molar-refractivity contribution in [3.63, 3.8) is 0 Å². The van der Waals surface area contributed by atoms with Gasteiger partial charge in [-0.3, -0.25) is 4.90 Å². The first kappa shape index (κ1) is 22.9. The van der Waals surface area contributed by atoms with Gasteiger partial charge in [0.05, 0.1) is 32.1 Å². The number of methoxy groups -OCH3 is 1. The molecule has 3 rings (SSSR count). The number of hydrogen-bond acceptors (Lipinski definition) is 6. The number of halogens is 1. The largest absolute Gasteiger partial charge is 0.497 e. The van der Waals surface area contributed by atoms with Gasteiger partial charge < -0.3 is 19.4 Å². The lowest BCUT2D eigenvalue weighted by Crippen LogP contribution is -2.39. The van der Waals surface area contributed by atoms with E-state index in [1.165, 1.54) is 12.1 Å². The fourth-order valence-corrected chi connectivity index (χ4v) is 3.50. The van der Waals surface area contributed by atoms with E-state index in [-0.39, 0.29) is 18.5 Å². The van der Waals surface area contributed by atoms with Gasteiger partial charge in [0.1, 0.15) is 17.7 Å².